The maximum atomic E-state index is 12.1. The largest absolute Gasteiger partial charge is 0.434 e. The Morgan fingerprint density at radius 2 is 2.13 bits per heavy atom. The maximum Gasteiger partial charge on any atom is 0.387 e. The van der Waals surface area contributed by atoms with E-state index in [0.29, 0.717) is 11.4 Å². The average molecular weight is 300 g/mol. The molecule has 84 valence electrons. The van der Waals surface area contributed by atoms with Gasteiger partial charge in [-0.1, -0.05) is 33.6 Å². The number of rotatable bonds is 5. The van der Waals surface area contributed by atoms with Crippen LogP contribution in [0.1, 0.15) is 12.0 Å². The van der Waals surface area contributed by atoms with Crippen LogP contribution in [0.3, 0.4) is 0 Å². The Kier molecular flexibility index (Phi) is 5.32. The first-order chi connectivity index (χ1) is 7.13. The second-order valence-corrected chi connectivity index (χ2v) is 4.15. The molecule has 1 rings (SSSR count). The molecule has 0 fully saturated rings. The lowest BCUT2D eigenvalue weighted by Crippen LogP contribution is -2.04. The van der Waals surface area contributed by atoms with Crippen molar-refractivity contribution in [1.29, 1.82) is 0 Å². The van der Waals surface area contributed by atoms with E-state index in [1.54, 1.807) is 12.1 Å². The van der Waals surface area contributed by atoms with Gasteiger partial charge in [-0.2, -0.15) is 8.78 Å². The molecule has 0 aliphatic rings. The van der Waals surface area contributed by atoms with E-state index in [4.69, 9.17) is 11.6 Å². The summed E-state index contributed by atoms with van der Waals surface area (Å²) in [6.07, 6.45) is 1.55. The minimum Gasteiger partial charge on any atom is -0.434 e. The minimum absolute atomic E-state index is 0.165. The molecule has 0 atom stereocenters. The van der Waals surface area contributed by atoms with Crippen molar-refractivity contribution in [2.75, 3.05) is 5.33 Å². The molecule has 0 spiro atoms. The molecule has 0 aliphatic heterocycles. The third-order valence-corrected chi connectivity index (χ3v) is 2.62. The topological polar surface area (TPSA) is 9.23 Å². The van der Waals surface area contributed by atoms with Crippen LogP contribution in [-0.4, -0.2) is 11.9 Å². The van der Waals surface area contributed by atoms with Gasteiger partial charge >= 0.3 is 6.61 Å². The lowest BCUT2D eigenvalue weighted by molar-refractivity contribution is -0.0504. The number of hydrogen-bond donors (Lipinski definition) is 0. The lowest BCUT2D eigenvalue weighted by atomic mass is 10.1. The second kappa shape index (κ2) is 6.28. The standard InChI is InChI=1S/C10H10BrClF2O/c11-5-1-2-7-3-4-8(12)6-9(7)15-10(13)14/h3-4,6,10H,1-2,5H2. The molecule has 0 aromatic heterocycles. The molecule has 0 aliphatic carbocycles. The first-order valence-corrected chi connectivity index (χ1v) is 5.92. The van der Waals surface area contributed by atoms with Gasteiger partial charge in [0, 0.05) is 10.4 Å². The van der Waals surface area contributed by atoms with Gasteiger partial charge in [0.2, 0.25) is 0 Å². The SMILES string of the molecule is FC(F)Oc1cc(Cl)ccc1CCCBr. The average Bonchev–Trinajstić information content (AvgIpc) is 2.16. The summed E-state index contributed by atoms with van der Waals surface area (Å²) in [6, 6.07) is 4.80. The van der Waals surface area contributed by atoms with Crippen molar-refractivity contribution >= 4 is 27.5 Å². The van der Waals surface area contributed by atoms with E-state index < -0.39 is 6.61 Å². The van der Waals surface area contributed by atoms with Gasteiger partial charge < -0.3 is 4.74 Å². The van der Waals surface area contributed by atoms with Crippen molar-refractivity contribution in [2.45, 2.75) is 19.5 Å². The number of halogens is 4. The van der Waals surface area contributed by atoms with Gasteiger partial charge in [0.1, 0.15) is 5.75 Å². The van der Waals surface area contributed by atoms with Crippen LogP contribution in [0, 0.1) is 0 Å². The number of ether oxygens (including phenoxy) is 1. The van der Waals surface area contributed by atoms with Crippen molar-refractivity contribution in [3.8, 4) is 5.75 Å². The zero-order valence-corrected chi connectivity index (χ0v) is 10.2. The number of hydrogen-bond acceptors (Lipinski definition) is 1. The monoisotopic (exact) mass is 298 g/mol. The van der Waals surface area contributed by atoms with Gasteiger partial charge in [0.05, 0.1) is 0 Å². The van der Waals surface area contributed by atoms with E-state index >= 15 is 0 Å². The highest BCUT2D eigenvalue weighted by Crippen LogP contribution is 2.26. The summed E-state index contributed by atoms with van der Waals surface area (Å²) in [6.45, 7) is -2.81. The number of aryl methyl sites for hydroxylation is 1. The van der Waals surface area contributed by atoms with Crippen molar-refractivity contribution in [3.05, 3.63) is 28.8 Å². The van der Waals surface area contributed by atoms with E-state index in [1.165, 1.54) is 6.07 Å². The quantitative estimate of drug-likeness (QED) is 0.738. The highest BCUT2D eigenvalue weighted by molar-refractivity contribution is 9.09. The van der Waals surface area contributed by atoms with E-state index in [0.717, 1.165) is 17.3 Å². The molecular formula is C10H10BrClF2O. The fourth-order valence-corrected chi connectivity index (χ4v) is 1.64. The molecule has 0 N–H and O–H groups in total. The van der Waals surface area contributed by atoms with Crippen molar-refractivity contribution in [3.63, 3.8) is 0 Å². The third kappa shape index (κ3) is 4.34. The van der Waals surface area contributed by atoms with E-state index in [2.05, 4.69) is 20.7 Å². The molecule has 1 nitrogen and oxygen atoms in total. The summed E-state index contributed by atoms with van der Waals surface area (Å²) in [5.74, 6) is 0.165. The molecule has 0 amide bonds. The van der Waals surface area contributed by atoms with Gasteiger partial charge in [0.15, 0.2) is 0 Å². The Labute approximate surface area is 101 Å². The highest BCUT2D eigenvalue weighted by Gasteiger charge is 2.09. The number of alkyl halides is 3. The molecule has 0 bridgehead atoms. The van der Waals surface area contributed by atoms with Crippen molar-refractivity contribution < 1.29 is 13.5 Å². The fourth-order valence-electron chi connectivity index (χ4n) is 1.20. The Morgan fingerprint density at radius 3 is 2.73 bits per heavy atom. The van der Waals surface area contributed by atoms with Crippen LogP contribution in [0.25, 0.3) is 0 Å². The summed E-state index contributed by atoms with van der Waals surface area (Å²) in [7, 11) is 0. The van der Waals surface area contributed by atoms with E-state index in [-0.39, 0.29) is 5.75 Å². The molecule has 1 aromatic carbocycles. The highest BCUT2D eigenvalue weighted by atomic mass is 79.9. The van der Waals surface area contributed by atoms with Crippen LogP contribution in [0.15, 0.2) is 18.2 Å². The Bertz CT molecular complexity index is 320. The summed E-state index contributed by atoms with van der Waals surface area (Å²) in [4.78, 5) is 0. The first kappa shape index (κ1) is 12.7. The Balaban J connectivity index is 2.82. The number of benzene rings is 1. The molecule has 15 heavy (non-hydrogen) atoms. The predicted octanol–water partition coefficient (Wildman–Crippen LogP) is 4.27. The molecule has 1 aromatic rings. The van der Waals surface area contributed by atoms with Crippen molar-refractivity contribution in [1.82, 2.24) is 0 Å². The molecule has 0 heterocycles. The summed E-state index contributed by atoms with van der Waals surface area (Å²) < 4.78 is 28.5. The summed E-state index contributed by atoms with van der Waals surface area (Å²) in [5.41, 5.74) is 0.749. The lowest BCUT2D eigenvalue weighted by Gasteiger charge is -2.10. The maximum absolute atomic E-state index is 12.1. The van der Waals surface area contributed by atoms with Crippen molar-refractivity contribution in [2.24, 2.45) is 0 Å². The molecule has 0 unspecified atom stereocenters. The first-order valence-electron chi connectivity index (χ1n) is 4.42. The second-order valence-electron chi connectivity index (χ2n) is 2.92. The summed E-state index contributed by atoms with van der Waals surface area (Å²) >= 11 is 8.98. The van der Waals surface area contributed by atoms with E-state index in [1.807, 2.05) is 0 Å². The molecule has 0 radical (unpaired) electrons. The van der Waals surface area contributed by atoms with Gasteiger partial charge in [0.25, 0.3) is 0 Å². The molecule has 0 saturated heterocycles. The van der Waals surface area contributed by atoms with Crippen LogP contribution in [0.2, 0.25) is 5.02 Å². The van der Waals surface area contributed by atoms with Gasteiger partial charge in [-0.05, 0) is 30.5 Å². The van der Waals surface area contributed by atoms with Crippen LogP contribution < -0.4 is 4.74 Å². The fraction of sp³-hybridized carbons (Fsp3) is 0.400. The van der Waals surface area contributed by atoms with Crippen LogP contribution >= 0.6 is 27.5 Å². The normalized spacial score (nSPS) is 10.7. The van der Waals surface area contributed by atoms with Crippen LogP contribution in [0.5, 0.6) is 5.75 Å². The Hall–Kier alpha value is -0.350. The van der Waals surface area contributed by atoms with Crippen LogP contribution in [0.4, 0.5) is 8.78 Å². The minimum atomic E-state index is -2.81. The smallest absolute Gasteiger partial charge is 0.387 e. The van der Waals surface area contributed by atoms with Crippen LogP contribution in [-0.2, 0) is 6.42 Å². The molecule has 5 heteroatoms. The predicted molar refractivity (Wildman–Crippen MR) is 60.2 cm³/mol. The van der Waals surface area contributed by atoms with E-state index in [9.17, 15) is 8.78 Å². The van der Waals surface area contributed by atoms with Gasteiger partial charge in [-0.25, -0.2) is 0 Å². The van der Waals surface area contributed by atoms with Gasteiger partial charge in [-0.15, -0.1) is 0 Å². The molecular weight excluding hydrogens is 289 g/mol. The zero-order chi connectivity index (χ0) is 11.3. The molecule has 0 saturated carbocycles. The third-order valence-electron chi connectivity index (χ3n) is 1.83. The zero-order valence-electron chi connectivity index (χ0n) is 7.85. The van der Waals surface area contributed by atoms with Gasteiger partial charge in [-0.3, -0.25) is 0 Å². The summed E-state index contributed by atoms with van der Waals surface area (Å²) in [5, 5.41) is 1.22. The Morgan fingerprint density at radius 1 is 1.40 bits per heavy atom.